The number of benzene rings is 4. The van der Waals surface area contributed by atoms with E-state index in [2.05, 4.69) is 65.8 Å². The largest absolute Gasteiger partial charge is 0.268 e. The Morgan fingerprint density at radius 2 is 1.14 bits per heavy atom. The molecule has 5 rings (SSSR count). The van der Waals surface area contributed by atoms with E-state index in [1.807, 2.05) is 61.5 Å². The van der Waals surface area contributed by atoms with Gasteiger partial charge in [0.15, 0.2) is 0 Å². The summed E-state index contributed by atoms with van der Waals surface area (Å²) >= 11 is 0. The van der Waals surface area contributed by atoms with E-state index in [1.165, 1.54) is 5.56 Å². The standard InChI is InChI=1S/C38H41NO3S/c1-26-13-23-32(24-14-26)43(41,42)39-25-33(27-11-9-8-10-12-27)34(28-15-19-30(20-16-28)37(2,3)4)35(36(39)40)29-17-21-31(22-18-29)38(5,6)7/h8-24,33H,25H2,1-7H3. The van der Waals surface area contributed by atoms with Crippen molar-refractivity contribution in [3.05, 3.63) is 137 Å². The molecule has 1 heterocycles. The van der Waals surface area contributed by atoms with Crippen LogP contribution in [-0.2, 0) is 25.6 Å². The molecule has 0 saturated carbocycles. The highest BCUT2D eigenvalue weighted by atomic mass is 32.2. The zero-order valence-electron chi connectivity index (χ0n) is 26.2. The van der Waals surface area contributed by atoms with Crippen LogP contribution >= 0.6 is 0 Å². The third-order valence-electron chi connectivity index (χ3n) is 8.32. The van der Waals surface area contributed by atoms with Gasteiger partial charge in [-0.25, -0.2) is 12.7 Å². The van der Waals surface area contributed by atoms with Crippen molar-refractivity contribution in [3.63, 3.8) is 0 Å². The number of aryl methyl sites for hydroxylation is 1. The van der Waals surface area contributed by atoms with Crippen molar-refractivity contribution in [2.75, 3.05) is 6.54 Å². The molecular formula is C38H41NO3S. The lowest BCUT2D eigenvalue weighted by molar-refractivity contribution is -0.121. The Labute approximate surface area is 257 Å². The van der Waals surface area contributed by atoms with Crippen LogP contribution in [0.2, 0.25) is 0 Å². The summed E-state index contributed by atoms with van der Waals surface area (Å²) in [6, 6.07) is 33.0. The third kappa shape index (κ3) is 6.09. The van der Waals surface area contributed by atoms with Crippen LogP contribution in [0, 0.1) is 6.92 Å². The molecule has 4 aromatic carbocycles. The van der Waals surface area contributed by atoms with Crippen LogP contribution in [0.15, 0.2) is 108 Å². The van der Waals surface area contributed by atoms with Gasteiger partial charge in [-0.1, -0.05) is 138 Å². The number of carbonyl (C=O) groups is 1. The molecular weight excluding hydrogens is 550 g/mol. The molecule has 0 bridgehead atoms. The van der Waals surface area contributed by atoms with Crippen molar-refractivity contribution >= 4 is 27.1 Å². The van der Waals surface area contributed by atoms with Crippen molar-refractivity contribution < 1.29 is 13.2 Å². The second-order valence-corrected chi connectivity index (χ2v) is 15.4. The summed E-state index contributed by atoms with van der Waals surface area (Å²) in [6.45, 7) is 14.9. The maximum atomic E-state index is 14.6. The van der Waals surface area contributed by atoms with E-state index in [0.29, 0.717) is 11.1 Å². The molecule has 1 aliphatic heterocycles. The van der Waals surface area contributed by atoms with E-state index in [9.17, 15) is 13.2 Å². The molecule has 222 valence electrons. The van der Waals surface area contributed by atoms with Gasteiger partial charge in [0.1, 0.15) is 0 Å². The summed E-state index contributed by atoms with van der Waals surface area (Å²) in [6.07, 6.45) is 0. The van der Waals surface area contributed by atoms with Crippen molar-refractivity contribution in [1.29, 1.82) is 0 Å². The van der Waals surface area contributed by atoms with Crippen molar-refractivity contribution in [2.45, 2.75) is 70.1 Å². The van der Waals surface area contributed by atoms with Gasteiger partial charge in [-0.15, -0.1) is 0 Å². The van der Waals surface area contributed by atoms with Gasteiger partial charge in [0.05, 0.1) is 10.5 Å². The topological polar surface area (TPSA) is 54.5 Å². The second-order valence-electron chi connectivity index (χ2n) is 13.6. The lowest BCUT2D eigenvalue weighted by Crippen LogP contribution is -2.44. The van der Waals surface area contributed by atoms with E-state index >= 15 is 0 Å². The minimum Gasteiger partial charge on any atom is -0.268 e. The second kappa shape index (κ2) is 11.3. The van der Waals surface area contributed by atoms with Crippen LogP contribution in [0.4, 0.5) is 0 Å². The van der Waals surface area contributed by atoms with Crippen molar-refractivity contribution in [1.82, 2.24) is 4.31 Å². The fraction of sp³-hybridized carbons (Fsp3) is 0.289. The molecule has 0 fully saturated rings. The van der Waals surface area contributed by atoms with Gasteiger partial charge in [0.25, 0.3) is 15.9 Å². The van der Waals surface area contributed by atoms with Crippen LogP contribution in [-0.4, -0.2) is 25.2 Å². The molecule has 1 atom stereocenters. The lowest BCUT2D eigenvalue weighted by atomic mass is 9.77. The van der Waals surface area contributed by atoms with E-state index in [4.69, 9.17) is 0 Å². The molecule has 5 heteroatoms. The summed E-state index contributed by atoms with van der Waals surface area (Å²) in [5.41, 5.74) is 7.02. The van der Waals surface area contributed by atoms with Gasteiger partial charge >= 0.3 is 0 Å². The monoisotopic (exact) mass is 591 g/mol. The maximum Gasteiger partial charge on any atom is 0.268 e. The Bertz CT molecular complexity index is 1750. The predicted molar refractivity (Wildman–Crippen MR) is 176 cm³/mol. The number of hydrogen-bond acceptors (Lipinski definition) is 3. The molecule has 1 amide bonds. The van der Waals surface area contributed by atoms with E-state index in [-0.39, 0.29) is 28.2 Å². The molecule has 0 spiro atoms. The normalized spacial score (nSPS) is 16.5. The van der Waals surface area contributed by atoms with Crippen LogP contribution in [0.3, 0.4) is 0 Å². The average Bonchev–Trinajstić information content (AvgIpc) is 2.96. The van der Waals surface area contributed by atoms with Gasteiger partial charge in [-0.05, 0) is 63.3 Å². The minimum atomic E-state index is -4.12. The van der Waals surface area contributed by atoms with Crippen LogP contribution in [0.5, 0.6) is 0 Å². The summed E-state index contributed by atoms with van der Waals surface area (Å²) in [4.78, 5) is 14.7. The number of rotatable bonds is 5. The van der Waals surface area contributed by atoms with Gasteiger partial charge in [0, 0.05) is 12.5 Å². The summed E-state index contributed by atoms with van der Waals surface area (Å²) in [7, 11) is -4.12. The minimum absolute atomic E-state index is 0.0129. The van der Waals surface area contributed by atoms with Gasteiger partial charge < -0.3 is 0 Å². The SMILES string of the molecule is Cc1ccc(S(=O)(=O)N2CC(c3ccccc3)C(c3ccc(C(C)(C)C)cc3)=C(c3ccc(C(C)(C)C)cc3)C2=O)cc1. The highest BCUT2D eigenvalue weighted by Crippen LogP contribution is 2.45. The number of amides is 1. The Balaban J connectivity index is 1.78. The van der Waals surface area contributed by atoms with Crippen LogP contribution < -0.4 is 0 Å². The Morgan fingerprint density at radius 1 is 0.651 bits per heavy atom. The Morgan fingerprint density at radius 3 is 1.63 bits per heavy atom. The van der Waals surface area contributed by atoms with E-state index in [1.54, 1.807) is 24.3 Å². The smallest absolute Gasteiger partial charge is 0.268 e. The number of hydrogen-bond donors (Lipinski definition) is 0. The molecule has 0 aromatic heterocycles. The fourth-order valence-corrected chi connectivity index (χ4v) is 7.06. The van der Waals surface area contributed by atoms with Crippen LogP contribution in [0.1, 0.15) is 80.8 Å². The van der Waals surface area contributed by atoms with Crippen LogP contribution in [0.25, 0.3) is 11.1 Å². The predicted octanol–water partition coefficient (Wildman–Crippen LogP) is 8.52. The first kappa shape index (κ1) is 30.5. The number of nitrogens with zero attached hydrogens (tertiary/aromatic N) is 1. The molecule has 4 nitrogen and oxygen atoms in total. The lowest BCUT2D eigenvalue weighted by Gasteiger charge is -2.36. The quantitative estimate of drug-likeness (QED) is 0.234. The first-order valence-corrected chi connectivity index (χ1v) is 16.3. The average molecular weight is 592 g/mol. The number of carbonyl (C=O) groups excluding carboxylic acids is 1. The molecule has 0 saturated heterocycles. The molecule has 1 unspecified atom stereocenters. The van der Waals surface area contributed by atoms with E-state index < -0.39 is 15.9 Å². The molecule has 43 heavy (non-hydrogen) atoms. The number of sulfonamides is 1. The van der Waals surface area contributed by atoms with Gasteiger partial charge in [0.2, 0.25) is 0 Å². The van der Waals surface area contributed by atoms with Crippen molar-refractivity contribution in [2.24, 2.45) is 0 Å². The maximum absolute atomic E-state index is 14.6. The summed E-state index contributed by atoms with van der Waals surface area (Å²) in [5.74, 6) is -0.872. The van der Waals surface area contributed by atoms with Gasteiger partial charge in [-0.3, -0.25) is 4.79 Å². The highest BCUT2D eigenvalue weighted by Gasteiger charge is 2.42. The summed E-state index contributed by atoms with van der Waals surface area (Å²) in [5, 5.41) is 0. The fourth-order valence-electron chi connectivity index (χ4n) is 5.67. The van der Waals surface area contributed by atoms with E-state index in [0.717, 1.165) is 32.1 Å². The zero-order valence-corrected chi connectivity index (χ0v) is 27.0. The highest BCUT2D eigenvalue weighted by molar-refractivity contribution is 7.89. The Kier molecular flexibility index (Phi) is 8.00. The zero-order chi connectivity index (χ0) is 31.2. The third-order valence-corrected chi connectivity index (χ3v) is 10.1. The molecule has 0 radical (unpaired) electrons. The first-order chi connectivity index (χ1) is 20.2. The molecule has 4 aromatic rings. The van der Waals surface area contributed by atoms with Gasteiger partial charge in [-0.2, -0.15) is 0 Å². The first-order valence-electron chi connectivity index (χ1n) is 14.8. The molecule has 0 aliphatic carbocycles. The van der Waals surface area contributed by atoms with Crippen molar-refractivity contribution in [3.8, 4) is 0 Å². The summed E-state index contributed by atoms with van der Waals surface area (Å²) < 4.78 is 29.3. The molecule has 1 aliphatic rings. The molecule has 0 N–H and O–H groups in total. The Hall–Kier alpha value is -3.96.